The van der Waals surface area contributed by atoms with Gasteiger partial charge in [0.05, 0.1) is 6.04 Å². The highest BCUT2D eigenvalue weighted by molar-refractivity contribution is 6.31. The Bertz CT molecular complexity index is 501. The first-order chi connectivity index (χ1) is 9.59. The van der Waals surface area contributed by atoms with Gasteiger partial charge < -0.3 is 15.7 Å². The van der Waals surface area contributed by atoms with Gasteiger partial charge in [-0.25, -0.2) is 4.79 Å². The predicted octanol–water partition coefficient (Wildman–Crippen LogP) is 1.72. The summed E-state index contributed by atoms with van der Waals surface area (Å²) in [5.74, 6) is -1.42. The van der Waals surface area contributed by atoms with Gasteiger partial charge in [0.15, 0.2) is 6.04 Å². The van der Waals surface area contributed by atoms with Crippen molar-refractivity contribution in [2.75, 3.05) is 6.54 Å². The van der Waals surface area contributed by atoms with Crippen LogP contribution in [0, 0.1) is 0 Å². The first-order valence-corrected chi connectivity index (χ1v) is 6.98. The minimum atomic E-state index is -1.13. The number of halogens is 1. The van der Waals surface area contributed by atoms with E-state index in [1.807, 2.05) is 0 Å². The van der Waals surface area contributed by atoms with E-state index in [1.54, 1.807) is 24.3 Å². The highest BCUT2D eigenvalue weighted by atomic mass is 35.5. The number of piperidine rings is 1. The molecular formula is C14H17ClN2O3. The fourth-order valence-electron chi connectivity index (χ4n) is 2.30. The summed E-state index contributed by atoms with van der Waals surface area (Å²) in [6.45, 7) is 0.780. The second-order valence-corrected chi connectivity index (χ2v) is 5.21. The van der Waals surface area contributed by atoms with E-state index in [0.29, 0.717) is 10.6 Å². The van der Waals surface area contributed by atoms with Gasteiger partial charge in [0, 0.05) is 10.6 Å². The van der Waals surface area contributed by atoms with Crippen molar-refractivity contribution in [3.63, 3.8) is 0 Å². The number of carbonyl (C=O) groups is 2. The van der Waals surface area contributed by atoms with Gasteiger partial charge in [-0.1, -0.05) is 36.2 Å². The molecular weight excluding hydrogens is 280 g/mol. The summed E-state index contributed by atoms with van der Waals surface area (Å²) >= 11 is 6.00. The Kier molecular flexibility index (Phi) is 4.98. The molecule has 20 heavy (non-hydrogen) atoms. The van der Waals surface area contributed by atoms with Crippen LogP contribution in [0.3, 0.4) is 0 Å². The molecule has 6 heteroatoms. The number of carbonyl (C=O) groups excluding carboxylic acids is 1. The summed E-state index contributed by atoms with van der Waals surface area (Å²) < 4.78 is 0. The molecule has 1 aliphatic heterocycles. The lowest BCUT2D eigenvalue weighted by molar-refractivity contribution is -0.142. The molecule has 3 N–H and O–H groups in total. The predicted molar refractivity (Wildman–Crippen MR) is 75.6 cm³/mol. The molecule has 2 atom stereocenters. The van der Waals surface area contributed by atoms with Gasteiger partial charge in [0.1, 0.15) is 0 Å². The van der Waals surface area contributed by atoms with Crippen molar-refractivity contribution in [1.82, 2.24) is 10.6 Å². The molecule has 0 radical (unpaired) electrons. The average Bonchev–Trinajstić information content (AvgIpc) is 2.46. The Morgan fingerprint density at radius 3 is 2.70 bits per heavy atom. The van der Waals surface area contributed by atoms with Crippen LogP contribution in [0.25, 0.3) is 0 Å². The molecule has 1 fully saturated rings. The van der Waals surface area contributed by atoms with Crippen molar-refractivity contribution in [1.29, 1.82) is 0 Å². The van der Waals surface area contributed by atoms with Crippen LogP contribution in [0.15, 0.2) is 24.3 Å². The second kappa shape index (κ2) is 6.72. The molecule has 2 rings (SSSR count). The molecule has 0 bridgehead atoms. The van der Waals surface area contributed by atoms with E-state index >= 15 is 0 Å². The number of nitrogens with one attached hydrogen (secondary N) is 2. The lowest BCUT2D eigenvalue weighted by atomic mass is 10.0. The Hall–Kier alpha value is -1.59. The van der Waals surface area contributed by atoms with Crippen LogP contribution < -0.4 is 10.6 Å². The molecule has 0 unspecified atom stereocenters. The third-order valence-electron chi connectivity index (χ3n) is 3.38. The van der Waals surface area contributed by atoms with Crippen LogP contribution in [-0.2, 0) is 9.59 Å². The Balaban J connectivity index is 2.12. The number of carboxylic acids is 1. The van der Waals surface area contributed by atoms with Crippen LogP contribution in [0.1, 0.15) is 30.9 Å². The zero-order chi connectivity index (χ0) is 14.5. The minimum Gasteiger partial charge on any atom is -0.479 e. The molecule has 1 aliphatic rings. The first kappa shape index (κ1) is 14.8. The largest absolute Gasteiger partial charge is 0.479 e. The quantitative estimate of drug-likeness (QED) is 0.790. The van der Waals surface area contributed by atoms with Crippen molar-refractivity contribution in [2.24, 2.45) is 0 Å². The molecule has 5 nitrogen and oxygen atoms in total. The molecule has 0 saturated carbocycles. The number of hydrogen-bond donors (Lipinski definition) is 3. The van der Waals surface area contributed by atoms with Crippen LogP contribution in [0.4, 0.5) is 0 Å². The topological polar surface area (TPSA) is 78.4 Å². The van der Waals surface area contributed by atoms with E-state index in [9.17, 15) is 14.7 Å². The maximum atomic E-state index is 12.1. The van der Waals surface area contributed by atoms with E-state index in [2.05, 4.69) is 10.6 Å². The monoisotopic (exact) mass is 296 g/mol. The molecule has 108 valence electrons. The Morgan fingerprint density at radius 2 is 2.10 bits per heavy atom. The lowest BCUT2D eigenvalue weighted by Crippen LogP contribution is -2.48. The fourth-order valence-corrected chi connectivity index (χ4v) is 2.55. The molecule has 1 heterocycles. The highest BCUT2D eigenvalue weighted by Gasteiger charge is 2.28. The zero-order valence-corrected chi connectivity index (χ0v) is 11.7. The first-order valence-electron chi connectivity index (χ1n) is 6.60. The maximum absolute atomic E-state index is 12.1. The van der Waals surface area contributed by atoms with Gasteiger partial charge in [-0.3, -0.25) is 4.79 Å². The van der Waals surface area contributed by atoms with E-state index in [0.717, 1.165) is 25.8 Å². The van der Waals surface area contributed by atoms with Crippen molar-refractivity contribution >= 4 is 23.5 Å². The van der Waals surface area contributed by atoms with Gasteiger partial charge >= 0.3 is 5.97 Å². The molecule has 1 aromatic rings. The van der Waals surface area contributed by atoms with Crippen LogP contribution >= 0.6 is 11.6 Å². The van der Waals surface area contributed by atoms with Crippen LogP contribution in [-0.4, -0.2) is 29.6 Å². The number of carboxylic acid groups (broad SMARTS) is 1. The molecule has 1 amide bonds. The molecule has 1 saturated heterocycles. The summed E-state index contributed by atoms with van der Waals surface area (Å²) in [5, 5.41) is 15.3. The van der Waals surface area contributed by atoms with Crippen molar-refractivity contribution in [2.45, 2.75) is 31.3 Å². The number of aliphatic carboxylic acids is 1. The normalized spacial score (nSPS) is 20.1. The molecule has 0 spiro atoms. The maximum Gasteiger partial charge on any atom is 0.330 e. The molecule has 1 aromatic carbocycles. The summed E-state index contributed by atoms with van der Waals surface area (Å²) in [5.41, 5.74) is 0.394. The van der Waals surface area contributed by atoms with E-state index in [-0.39, 0.29) is 11.9 Å². The Labute approximate surface area is 122 Å². The Morgan fingerprint density at radius 1 is 1.35 bits per heavy atom. The number of hydrogen-bond acceptors (Lipinski definition) is 3. The fraction of sp³-hybridized carbons (Fsp3) is 0.429. The average molecular weight is 297 g/mol. The number of benzene rings is 1. The summed E-state index contributed by atoms with van der Waals surface area (Å²) in [7, 11) is 0. The summed E-state index contributed by atoms with van der Waals surface area (Å²) in [4.78, 5) is 23.5. The van der Waals surface area contributed by atoms with Gasteiger partial charge in [-0.15, -0.1) is 0 Å². The van der Waals surface area contributed by atoms with Crippen molar-refractivity contribution in [3.8, 4) is 0 Å². The zero-order valence-electron chi connectivity index (χ0n) is 10.9. The van der Waals surface area contributed by atoms with Gasteiger partial charge in [0.2, 0.25) is 5.91 Å². The number of rotatable bonds is 4. The van der Waals surface area contributed by atoms with Crippen molar-refractivity contribution in [3.05, 3.63) is 34.9 Å². The van der Waals surface area contributed by atoms with E-state index in [1.165, 1.54) is 0 Å². The highest BCUT2D eigenvalue weighted by Crippen LogP contribution is 2.23. The number of amides is 1. The summed E-state index contributed by atoms with van der Waals surface area (Å²) in [6, 6.07) is 5.18. The van der Waals surface area contributed by atoms with Crippen molar-refractivity contribution < 1.29 is 14.7 Å². The molecule has 0 aliphatic carbocycles. The van der Waals surface area contributed by atoms with Crippen LogP contribution in [0.5, 0.6) is 0 Å². The smallest absolute Gasteiger partial charge is 0.330 e. The lowest BCUT2D eigenvalue weighted by Gasteiger charge is -2.25. The van der Waals surface area contributed by atoms with Gasteiger partial charge in [0.25, 0.3) is 0 Å². The van der Waals surface area contributed by atoms with Crippen LogP contribution in [0.2, 0.25) is 5.02 Å². The molecule has 0 aromatic heterocycles. The SMILES string of the molecule is O=C(N[C@@H](C(=O)O)c1ccccc1Cl)[C@H]1CCCCN1. The standard InChI is InChI=1S/C14H17ClN2O3/c15-10-6-2-1-5-9(10)12(14(19)20)17-13(18)11-7-3-4-8-16-11/h1-2,5-6,11-12,16H,3-4,7-8H2,(H,17,18)(H,19,20)/t11-,12-/m1/s1. The minimum absolute atomic E-state index is 0.294. The third-order valence-corrected chi connectivity index (χ3v) is 3.72. The van der Waals surface area contributed by atoms with Gasteiger partial charge in [-0.05, 0) is 25.5 Å². The van der Waals surface area contributed by atoms with E-state index < -0.39 is 12.0 Å². The third kappa shape index (κ3) is 3.49. The van der Waals surface area contributed by atoms with Gasteiger partial charge in [-0.2, -0.15) is 0 Å². The van der Waals surface area contributed by atoms with E-state index in [4.69, 9.17) is 11.6 Å². The second-order valence-electron chi connectivity index (χ2n) is 4.80. The summed E-state index contributed by atoms with van der Waals surface area (Å²) in [6.07, 6.45) is 2.73.